The fourth-order valence-corrected chi connectivity index (χ4v) is 4.66. The van der Waals surface area contributed by atoms with Crippen LogP contribution in [0.25, 0.3) is 0 Å². The van der Waals surface area contributed by atoms with Crippen LogP contribution in [0.5, 0.6) is 0 Å². The molecule has 2 aromatic heterocycles. The number of hydrogen-bond acceptors (Lipinski definition) is 7. The van der Waals surface area contributed by atoms with E-state index in [0.29, 0.717) is 5.92 Å². The molecule has 0 spiro atoms. The molecular weight excluding hydrogens is 348 g/mol. The maximum atomic E-state index is 5.43. The van der Waals surface area contributed by atoms with Crippen molar-refractivity contribution in [1.82, 2.24) is 29.5 Å². The van der Waals surface area contributed by atoms with E-state index < -0.39 is 0 Å². The van der Waals surface area contributed by atoms with Gasteiger partial charge in [-0.3, -0.25) is 9.80 Å². The van der Waals surface area contributed by atoms with Gasteiger partial charge in [-0.1, -0.05) is 0 Å². The number of likely N-dealkylation sites (tertiary alicyclic amines) is 1. The smallest absolute Gasteiger partial charge is 0.146 e. The van der Waals surface area contributed by atoms with E-state index in [4.69, 9.17) is 4.74 Å². The number of morpholine rings is 1. The van der Waals surface area contributed by atoms with Crippen LogP contribution in [0.4, 0.5) is 0 Å². The zero-order chi connectivity index (χ0) is 17.9. The molecule has 0 radical (unpaired) electrons. The van der Waals surface area contributed by atoms with E-state index in [9.17, 15) is 0 Å². The number of ether oxygens (including phenoxy) is 1. The predicted octanol–water partition coefficient (Wildman–Crippen LogP) is 1.79. The van der Waals surface area contributed by atoms with Crippen molar-refractivity contribution in [1.29, 1.82) is 0 Å². The third-order valence-electron chi connectivity index (χ3n) is 5.45. The van der Waals surface area contributed by atoms with Crippen molar-refractivity contribution < 1.29 is 4.74 Å². The lowest BCUT2D eigenvalue weighted by Gasteiger charge is -2.31. The second-order valence-corrected chi connectivity index (χ2v) is 8.30. The summed E-state index contributed by atoms with van der Waals surface area (Å²) in [6.07, 6.45) is 2.29. The summed E-state index contributed by atoms with van der Waals surface area (Å²) in [4.78, 5) is 9.50. The van der Waals surface area contributed by atoms with Crippen LogP contribution in [-0.2, 0) is 24.9 Å². The minimum absolute atomic E-state index is 0.514. The van der Waals surface area contributed by atoms with Crippen molar-refractivity contribution in [3.8, 4) is 0 Å². The Kier molecular flexibility index (Phi) is 5.63. The Bertz CT molecular complexity index is 715. The van der Waals surface area contributed by atoms with Crippen molar-refractivity contribution in [3.05, 3.63) is 27.7 Å². The molecule has 2 aliphatic heterocycles. The van der Waals surface area contributed by atoms with Crippen molar-refractivity contribution in [2.24, 2.45) is 7.05 Å². The molecule has 142 valence electrons. The standard InChI is InChI=1S/C18H28N6OS/c1-14-13-26-17(19-14)12-23-5-3-15(4-6-23)18-21-20-16(22(18)2)11-24-7-9-25-10-8-24/h13,15H,3-12H2,1-2H3. The lowest BCUT2D eigenvalue weighted by Crippen LogP contribution is -2.36. The number of hydrogen-bond donors (Lipinski definition) is 0. The average Bonchev–Trinajstić information content (AvgIpc) is 3.23. The van der Waals surface area contributed by atoms with E-state index in [-0.39, 0.29) is 0 Å². The molecule has 4 rings (SSSR count). The number of aromatic nitrogens is 4. The predicted molar refractivity (Wildman–Crippen MR) is 101 cm³/mol. The highest BCUT2D eigenvalue weighted by Gasteiger charge is 2.26. The quantitative estimate of drug-likeness (QED) is 0.793. The maximum Gasteiger partial charge on any atom is 0.146 e. The lowest BCUT2D eigenvalue weighted by molar-refractivity contribution is 0.0326. The van der Waals surface area contributed by atoms with Crippen LogP contribution in [-0.4, -0.2) is 68.9 Å². The molecule has 0 unspecified atom stereocenters. The second kappa shape index (κ2) is 8.12. The van der Waals surface area contributed by atoms with Crippen LogP contribution < -0.4 is 0 Å². The Morgan fingerprint density at radius 1 is 1.08 bits per heavy atom. The summed E-state index contributed by atoms with van der Waals surface area (Å²) >= 11 is 1.77. The Labute approximate surface area is 159 Å². The Morgan fingerprint density at radius 3 is 2.50 bits per heavy atom. The van der Waals surface area contributed by atoms with Crippen LogP contribution in [0.3, 0.4) is 0 Å². The summed E-state index contributed by atoms with van der Waals surface area (Å²) in [5.74, 6) is 2.74. The molecule has 4 heterocycles. The third-order valence-corrected chi connectivity index (χ3v) is 6.40. The van der Waals surface area contributed by atoms with Crippen LogP contribution >= 0.6 is 11.3 Å². The summed E-state index contributed by atoms with van der Waals surface area (Å²) in [6, 6.07) is 0. The molecule has 2 saturated heterocycles. The first-order chi connectivity index (χ1) is 12.7. The lowest BCUT2D eigenvalue weighted by atomic mass is 9.96. The largest absolute Gasteiger partial charge is 0.379 e. The topological polar surface area (TPSA) is 59.3 Å². The average molecular weight is 377 g/mol. The van der Waals surface area contributed by atoms with Crippen molar-refractivity contribution in [3.63, 3.8) is 0 Å². The van der Waals surface area contributed by atoms with Gasteiger partial charge in [0.05, 0.1) is 26.3 Å². The highest BCUT2D eigenvalue weighted by molar-refractivity contribution is 7.09. The molecule has 0 atom stereocenters. The fourth-order valence-electron chi connectivity index (χ4n) is 3.84. The molecular formula is C18H28N6OS. The van der Waals surface area contributed by atoms with E-state index >= 15 is 0 Å². The van der Waals surface area contributed by atoms with Gasteiger partial charge in [-0.15, -0.1) is 21.5 Å². The monoisotopic (exact) mass is 376 g/mol. The normalized spacial score (nSPS) is 20.7. The Morgan fingerprint density at radius 2 is 1.81 bits per heavy atom. The minimum Gasteiger partial charge on any atom is -0.379 e. The number of thiazole rings is 1. The molecule has 0 bridgehead atoms. The zero-order valence-electron chi connectivity index (χ0n) is 15.7. The van der Waals surface area contributed by atoms with E-state index in [1.807, 2.05) is 0 Å². The highest BCUT2D eigenvalue weighted by atomic mass is 32.1. The van der Waals surface area contributed by atoms with E-state index in [1.54, 1.807) is 11.3 Å². The SMILES string of the molecule is Cc1csc(CN2CCC(c3nnc(CN4CCOCC4)n3C)CC2)n1. The maximum absolute atomic E-state index is 5.43. The van der Waals surface area contributed by atoms with E-state index in [2.05, 4.69) is 48.9 Å². The molecule has 2 fully saturated rings. The molecule has 0 aliphatic carbocycles. The van der Waals surface area contributed by atoms with Gasteiger partial charge in [-0.2, -0.15) is 0 Å². The van der Waals surface area contributed by atoms with E-state index in [1.165, 1.54) is 5.01 Å². The molecule has 8 heteroatoms. The summed E-state index contributed by atoms with van der Waals surface area (Å²) in [5.41, 5.74) is 1.13. The molecule has 0 saturated carbocycles. The summed E-state index contributed by atoms with van der Waals surface area (Å²) in [7, 11) is 2.12. The number of piperidine rings is 1. The van der Waals surface area contributed by atoms with Gasteiger partial charge in [0.1, 0.15) is 16.7 Å². The molecule has 0 aromatic carbocycles. The summed E-state index contributed by atoms with van der Waals surface area (Å²) in [6.45, 7) is 9.73. The fraction of sp³-hybridized carbons (Fsp3) is 0.722. The number of rotatable bonds is 5. The number of nitrogens with zero attached hydrogens (tertiary/aromatic N) is 6. The van der Waals surface area contributed by atoms with E-state index in [0.717, 1.165) is 82.7 Å². The van der Waals surface area contributed by atoms with Gasteiger partial charge in [-0.25, -0.2) is 4.98 Å². The Balaban J connectivity index is 1.32. The Hall–Kier alpha value is -1.35. The van der Waals surface area contributed by atoms with Gasteiger partial charge in [0.2, 0.25) is 0 Å². The van der Waals surface area contributed by atoms with Gasteiger partial charge >= 0.3 is 0 Å². The summed E-state index contributed by atoms with van der Waals surface area (Å²) < 4.78 is 7.65. The van der Waals surface area contributed by atoms with Gasteiger partial charge in [0.15, 0.2) is 0 Å². The van der Waals surface area contributed by atoms with Gasteiger partial charge < -0.3 is 9.30 Å². The highest BCUT2D eigenvalue weighted by Crippen LogP contribution is 2.28. The first-order valence-corrected chi connectivity index (χ1v) is 10.4. The molecule has 2 aliphatic rings. The first-order valence-electron chi connectivity index (χ1n) is 9.50. The van der Waals surface area contributed by atoms with Crippen LogP contribution in [0, 0.1) is 6.92 Å². The second-order valence-electron chi connectivity index (χ2n) is 7.36. The molecule has 2 aromatic rings. The molecule has 0 N–H and O–H groups in total. The van der Waals surface area contributed by atoms with Gasteiger partial charge in [-0.05, 0) is 32.9 Å². The van der Waals surface area contributed by atoms with Crippen LogP contribution in [0.1, 0.15) is 41.1 Å². The van der Waals surface area contributed by atoms with Gasteiger partial charge in [0.25, 0.3) is 0 Å². The summed E-state index contributed by atoms with van der Waals surface area (Å²) in [5, 5.41) is 12.4. The van der Waals surface area contributed by atoms with Crippen molar-refractivity contribution in [2.45, 2.75) is 38.8 Å². The molecule has 7 nitrogen and oxygen atoms in total. The third kappa shape index (κ3) is 4.14. The van der Waals surface area contributed by atoms with Crippen LogP contribution in [0.2, 0.25) is 0 Å². The first kappa shape index (κ1) is 18.0. The van der Waals surface area contributed by atoms with Crippen LogP contribution in [0.15, 0.2) is 5.38 Å². The molecule has 0 amide bonds. The molecule has 26 heavy (non-hydrogen) atoms. The zero-order valence-corrected chi connectivity index (χ0v) is 16.5. The number of aryl methyl sites for hydroxylation is 1. The van der Waals surface area contributed by atoms with Crippen molar-refractivity contribution >= 4 is 11.3 Å². The van der Waals surface area contributed by atoms with Crippen molar-refractivity contribution in [2.75, 3.05) is 39.4 Å². The minimum atomic E-state index is 0.514. The van der Waals surface area contributed by atoms with Gasteiger partial charge in [0, 0.05) is 37.1 Å².